The van der Waals surface area contributed by atoms with Gasteiger partial charge in [0.25, 0.3) is 0 Å². The third-order valence-electron chi connectivity index (χ3n) is 2.15. The van der Waals surface area contributed by atoms with Crippen molar-refractivity contribution in [2.75, 3.05) is 0 Å². The lowest BCUT2D eigenvalue weighted by Gasteiger charge is -1.99. The topological polar surface area (TPSA) is 67.6 Å². The van der Waals surface area contributed by atoms with Crippen LogP contribution in [0, 0.1) is 0 Å². The van der Waals surface area contributed by atoms with Crippen LogP contribution in [0.3, 0.4) is 0 Å². The van der Waals surface area contributed by atoms with Crippen LogP contribution in [0.15, 0.2) is 33.6 Å². The molecule has 1 aromatic heterocycles. The molecule has 1 unspecified atom stereocenters. The van der Waals surface area contributed by atoms with Crippen LogP contribution in [0.1, 0.15) is 24.6 Å². The van der Waals surface area contributed by atoms with E-state index in [-0.39, 0.29) is 6.04 Å². The first-order chi connectivity index (χ1) is 8.15. The van der Waals surface area contributed by atoms with E-state index in [0.29, 0.717) is 5.82 Å². The van der Waals surface area contributed by atoms with E-state index in [1.165, 1.54) is 4.90 Å². The molecule has 17 heavy (non-hydrogen) atoms. The number of aromatic nitrogens is 3. The van der Waals surface area contributed by atoms with Gasteiger partial charge in [-0.05, 0) is 31.2 Å². The number of hydrogen-bond donors (Lipinski definition) is 2. The quantitative estimate of drug-likeness (QED) is 0.852. The van der Waals surface area contributed by atoms with E-state index >= 15 is 0 Å². The summed E-state index contributed by atoms with van der Waals surface area (Å²) in [5, 5.41) is 6.96. The Morgan fingerprint density at radius 3 is 2.71 bits per heavy atom. The van der Waals surface area contributed by atoms with Gasteiger partial charge in [0, 0.05) is 9.37 Å². The molecule has 3 N–H and O–H groups in total. The number of nitrogens with one attached hydrogen (secondary N) is 1. The second kappa shape index (κ2) is 5.66. The van der Waals surface area contributed by atoms with Crippen LogP contribution in [0.25, 0.3) is 0 Å². The van der Waals surface area contributed by atoms with Crippen LogP contribution in [-0.2, 0) is 5.75 Å². The second-order valence-corrected chi connectivity index (χ2v) is 5.64. The van der Waals surface area contributed by atoms with Gasteiger partial charge in [-0.25, -0.2) is 4.98 Å². The number of halogens is 1. The highest BCUT2D eigenvalue weighted by atomic mass is 79.9. The largest absolute Gasteiger partial charge is 0.321 e. The number of aromatic amines is 1. The fourth-order valence-electron chi connectivity index (χ4n) is 1.26. The highest BCUT2D eigenvalue weighted by Gasteiger charge is 2.07. The van der Waals surface area contributed by atoms with Gasteiger partial charge in [-0.1, -0.05) is 15.9 Å². The van der Waals surface area contributed by atoms with Crippen molar-refractivity contribution in [2.45, 2.75) is 23.6 Å². The Morgan fingerprint density at radius 2 is 2.12 bits per heavy atom. The Morgan fingerprint density at radius 1 is 1.41 bits per heavy atom. The number of rotatable bonds is 4. The SMILES string of the molecule is CC(N)c1n[nH]c(CSc2ccc(Br)cc2)n1. The van der Waals surface area contributed by atoms with E-state index in [0.717, 1.165) is 16.0 Å². The number of thioether (sulfide) groups is 1. The predicted octanol–water partition coefficient (Wildman–Crippen LogP) is 2.88. The Labute approximate surface area is 113 Å². The molecule has 1 aromatic carbocycles. The van der Waals surface area contributed by atoms with Crippen LogP contribution in [0.2, 0.25) is 0 Å². The van der Waals surface area contributed by atoms with Gasteiger partial charge >= 0.3 is 0 Å². The summed E-state index contributed by atoms with van der Waals surface area (Å²) < 4.78 is 1.08. The van der Waals surface area contributed by atoms with Crippen molar-refractivity contribution in [2.24, 2.45) is 5.73 Å². The van der Waals surface area contributed by atoms with Crippen molar-refractivity contribution in [3.8, 4) is 0 Å². The van der Waals surface area contributed by atoms with Gasteiger partial charge in [0.1, 0.15) is 5.82 Å². The lowest BCUT2D eigenvalue weighted by molar-refractivity contribution is 0.745. The minimum atomic E-state index is -0.127. The second-order valence-electron chi connectivity index (χ2n) is 3.67. The van der Waals surface area contributed by atoms with Gasteiger partial charge < -0.3 is 5.73 Å². The summed E-state index contributed by atoms with van der Waals surface area (Å²) in [6, 6.07) is 8.05. The number of nitrogens with zero attached hydrogens (tertiary/aromatic N) is 2. The van der Waals surface area contributed by atoms with Gasteiger partial charge in [-0.15, -0.1) is 11.8 Å². The van der Waals surface area contributed by atoms with Gasteiger partial charge in [-0.2, -0.15) is 5.10 Å². The fraction of sp³-hybridized carbons (Fsp3) is 0.273. The lowest BCUT2D eigenvalue weighted by Crippen LogP contribution is -2.06. The molecule has 2 aromatic rings. The minimum absolute atomic E-state index is 0.127. The van der Waals surface area contributed by atoms with Crippen molar-refractivity contribution < 1.29 is 0 Å². The summed E-state index contributed by atoms with van der Waals surface area (Å²) in [6.07, 6.45) is 0. The van der Waals surface area contributed by atoms with Crippen LogP contribution < -0.4 is 5.73 Å². The van der Waals surface area contributed by atoms with Crippen molar-refractivity contribution in [3.05, 3.63) is 40.4 Å². The summed E-state index contributed by atoms with van der Waals surface area (Å²) in [5.41, 5.74) is 5.69. The Bertz CT molecular complexity index is 480. The molecule has 0 aliphatic heterocycles. The summed E-state index contributed by atoms with van der Waals surface area (Å²) in [6.45, 7) is 1.87. The average Bonchev–Trinajstić information content (AvgIpc) is 2.77. The molecule has 90 valence electrons. The average molecular weight is 313 g/mol. The molecule has 0 aliphatic carbocycles. The van der Waals surface area contributed by atoms with Crippen LogP contribution >= 0.6 is 27.7 Å². The lowest BCUT2D eigenvalue weighted by atomic mass is 10.3. The first-order valence-corrected chi connectivity index (χ1v) is 6.98. The van der Waals surface area contributed by atoms with Gasteiger partial charge in [-0.3, -0.25) is 5.10 Å². The van der Waals surface area contributed by atoms with E-state index in [1.807, 2.05) is 19.1 Å². The van der Waals surface area contributed by atoms with Gasteiger partial charge in [0.15, 0.2) is 5.82 Å². The smallest absolute Gasteiger partial charge is 0.167 e. The molecule has 0 aliphatic rings. The first-order valence-electron chi connectivity index (χ1n) is 5.20. The molecular formula is C11H13BrN4S. The van der Waals surface area contributed by atoms with Gasteiger partial charge in [0.05, 0.1) is 11.8 Å². The molecule has 0 saturated heterocycles. The zero-order chi connectivity index (χ0) is 12.3. The summed E-state index contributed by atoms with van der Waals surface area (Å²) in [7, 11) is 0. The molecule has 0 bridgehead atoms. The van der Waals surface area contributed by atoms with E-state index < -0.39 is 0 Å². The molecule has 6 heteroatoms. The molecule has 0 amide bonds. The van der Waals surface area contributed by atoms with E-state index in [2.05, 4.69) is 43.2 Å². The molecule has 2 rings (SSSR count). The van der Waals surface area contributed by atoms with Crippen molar-refractivity contribution in [3.63, 3.8) is 0 Å². The Balaban J connectivity index is 1.95. The Kier molecular flexibility index (Phi) is 4.20. The highest BCUT2D eigenvalue weighted by molar-refractivity contribution is 9.10. The van der Waals surface area contributed by atoms with Crippen molar-refractivity contribution >= 4 is 27.7 Å². The summed E-state index contributed by atoms with van der Waals surface area (Å²) >= 11 is 5.12. The fourth-order valence-corrected chi connectivity index (χ4v) is 2.29. The zero-order valence-electron chi connectivity index (χ0n) is 9.35. The Hall–Kier alpha value is -0.850. The molecule has 0 saturated carbocycles. The molecule has 0 radical (unpaired) electrons. The van der Waals surface area contributed by atoms with E-state index in [9.17, 15) is 0 Å². The van der Waals surface area contributed by atoms with Crippen molar-refractivity contribution in [1.82, 2.24) is 15.2 Å². The molecule has 1 atom stereocenters. The third-order valence-corrected chi connectivity index (χ3v) is 3.70. The maximum atomic E-state index is 5.69. The van der Waals surface area contributed by atoms with Crippen LogP contribution in [-0.4, -0.2) is 15.2 Å². The molecule has 0 spiro atoms. The summed E-state index contributed by atoms with van der Waals surface area (Å²) in [5.74, 6) is 2.28. The minimum Gasteiger partial charge on any atom is -0.321 e. The van der Waals surface area contributed by atoms with Crippen LogP contribution in [0.4, 0.5) is 0 Å². The monoisotopic (exact) mass is 312 g/mol. The maximum absolute atomic E-state index is 5.69. The zero-order valence-corrected chi connectivity index (χ0v) is 11.8. The normalized spacial score (nSPS) is 12.6. The molecule has 4 nitrogen and oxygen atoms in total. The maximum Gasteiger partial charge on any atom is 0.167 e. The number of H-pyrrole nitrogens is 1. The predicted molar refractivity (Wildman–Crippen MR) is 72.7 cm³/mol. The van der Waals surface area contributed by atoms with Crippen LogP contribution in [0.5, 0.6) is 0 Å². The van der Waals surface area contributed by atoms with Crippen molar-refractivity contribution in [1.29, 1.82) is 0 Å². The van der Waals surface area contributed by atoms with E-state index in [1.54, 1.807) is 11.8 Å². The van der Waals surface area contributed by atoms with Gasteiger partial charge in [0.2, 0.25) is 0 Å². The summed E-state index contributed by atoms with van der Waals surface area (Å²) in [4.78, 5) is 5.52. The number of benzene rings is 1. The number of nitrogens with two attached hydrogens (primary N) is 1. The molecule has 0 fully saturated rings. The first kappa shape index (κ1) is 12.6. The number of hydrogen-bond acceptors (Lipinski definition) is 4. The van der Waals surface area contributed by atoms with E-state index in [4.69, 9.17) is 5.73 Å². The molecule has 1 heterocycles. The highest BCUT2D eigenvalue weighted by Crippen LogP contribution is 2.23. The standard InChI is InChI=1S/C11H13BrN4S/c1-7(13)11-14-10(15-16-11)6-17-9-4-2-8(12)3-5-9/h2-5,7H,6,13H2,1H3,(H,14,15,16). The third kappa shape index (κ3) is 3.55. The molecular weight excluding hydrogens is 300 g/mol.